The Bertz CT molecular complexity index is 400. The molecule has 1 aliphatic rings. The van der Waals surface area contributed by atoms with Crippen LogP contribution in [0.2, 0.25) is 0 Å². The highest BCUT2D eigenvalue weighted by Gasteiger charge is 2.27. The quantitative estimate of drug-likeness (QED) is 0.328. The van der Waals surface area contributed by atoms with E-state index < -0.39 is 0 Å². The second-order valence-electron chi connectivity index (χ2n) is 5.05. The van der Waals surface area contributed by atoms with E-state index in [1.165, 1.54) is 11.8 Å². The topological polar surface area (TPSA) is 85.1 Å². The fraction of sp³-hybridized carbons (Fsp3) is 0.667. The molecule has 1 aromatic heterocycles. The molecule has 106 valence electrons. The monoisotopic (exact) mass is 283 g/mol. The number of hydrazine groups is 1. The maximum absolute atomic E-state index is 5.41. The van der Waals surface area contributed by atoms with Gasteiger partial charge in [-0.15, -0.1) is 0 Å². The molecule has 0 bridgehead atoms. The van der Waals surface area contributed by atoms with Crippen LogP contribution in [-0.2, 0) is 4.74 Å². The molecule has 0 unspecified atom stereocenters. The molecule has 1 fully saturated rings. The highest BCUT2D eigenvalue weighted by Crippen LogP contribution is 2.30. The van der Waals surface area contributed by atoms with E-state index in [-0.39, 0.29) is 5.41 Å². The Kier molecular flexibility index (Phi) is 4.84. The predicted octanol–water partition coefficient (Wildman–Crippen LogP) is 1.71. The number of thioether (sulfide) groups is 1. The Balaban J connectivity index is 2.02. The molecule has 2 rings (SSSR count). The van der Waals surface area contributed by atoms with Gasteiger partial charge < -0.3 is 15.5 Å². The summed E-state index contributed by atoms with van der Waals surface area (Å²) >= 11 is 1.50. The van der Waals surface area contributed by atoms with Crippen LogP contribution in [0.25, 0.3) is 0 Å². The normalized spacial score (nSPS) is 18.1. The lowest BCUT2D eigenvalue weighted by Gasteiger charge is -2.33. The van der Waals surface area contributed by atoms with Gasteiger partial charge in [-0.05, 0) is 24.5 Å². The molecule has 2 heterocycles. The van der Waals surface area contributed by atoms with Gasteiger partial charge in [0.1, 0.15) is 11.6 Å². The number of anilines is 2. The first-order valence-electron chi connectivity index (χ1n) is 6.36. The van der Waals surface area contributed by atoms with Gasteiger partial charge in [0, 0.05) is 25.8 Å². The number of nitrogens with zero attached hydrogens (tertiary/aromatic N) is 2. The molecule has 0 aliphatic carbocycles. The predicted molar refractivity (Wildman–Crippen MR) is 78.3 cm³/mol. The highest BCUT2D eigenvalue weighted by molar-refractivity contribution is 7.98. The Morgan fingerprint density at radius 3 is 2.68 bits per heavy atom. The molecule has 6 nitrogen and oxygen atoms in total. The van der Waals surface area contributed by atoms with Gasteiger partial charge in [-0.1, -0.05) is 18.7 Å². The number of hydrogen-bond donors (Lipinski definition) is 3. The van der Waals surface area contributed by atoms with Gasteiger partial charge in [0.2, 0.25) is 0 Å². The molecule has 1 aromatic rings. The van der Waals surface area contributed by atoms with Crippen LogP contribution >= 0.6 is 11.8 Å². The summed E-state index contributed by atoms with van der Waals surface area (Å²) in [6, 6.07) is 1.82. The van der Waals surface area contributed by atoms with Crippen LogP contribution in [0.1, 0.15) is 19.8 Å². The Morgan fingerprint density at radius 1 is 1.37 bits per heavy atom. The van der Waals surface area contributed by atoms with E-state index in [2.05, 4.69) is 27.6 Å². The summed E-state index contributed by atoms with van der Waals surface area (Å²) in [5.74, 6) is 6.84. The minimum Gasteiger partial charge on any atom is -0.381 e. The summed E-state index contributed by atoms with van der Waals surface area (Å²) in [6.07, 6.45) is 4.09. The van der Waals surface area contributed by atoms with E-state index in [1.54, 1.807) is 0 Å². The molecule has 0 aromatic carbocycles. The van der Waals surface area contributed by atoms with Crippen LogP contribution in [0.15, 0.2) is 11.2 Å². The fourth-order valence-corrected chi connectivity index (χ4v) is 2.41. The summed E-state index contributed by atoms with van der Waals surface area (Å²) in [6.45, 7) is 4.84. The summed E-state index contributed by atoms with van der Waals surface area (Å²) in [5.41, 5.74) is 2.83. The molecule has 0 amide bonds. The zero-order valence-electron chi connectivity index (χ0n) is 11.4. The van der Waals surface area contributed by atoms with Crippen molar-refractivity contribution in [3.63, 3.8) is 0 Å². The van der Waals surface area contributed by atoms with Crippen LogP contribution in [0.3, 0.4) is 0 Å². The van der Waals surface area contributed by atoms with Crippen LogP contribution in [0.5, 0.6) is 0 Å². The number of nitrogen functional groups attached to an aromatic ring is 1. The highest BCUT2D eigenvalue weighted by atomic mass is 32.2. The van der Waals surface area contributed by atoms with Crippen molar-refractivity contribution in [2.24, 2.45) is 11.3 Å². The maximum atomic E-state index is 5.41. The van der Waals surface area contributed by atoms with Crippen molar-refractivity contribution in [3.05, 3.63) is 6.07 Å². The molecule has 0 atom stereocenters. The number of nitrogens with one attached hydrogen (secondary N) is 2. The van der Waals surface area contributed by atoms with E-state index in [9.17, 15) is 0 Å². The average molecular weight is 283 g/mol. The third-order valence-corrected chi connectivity index (χ3v) is 3.98. The van der Waals surface area contributed by atoms with Crippen molar-refractivity contribution >= 4 is 23.4 Å². The van der Waals surface area contributed by atoms with Crippen LogP contribution in [0.4, 0.5) is 11.6 Å². The van der Waals surface area contributed by atoms with Gasteiger partial charge >= 0.3 is 0 Å². The lowest BCUT2D eigenvalue weighted by atomic mass is 9.82. The van der Waals surface area contributed by atoms with Gasteiger partial charge in [0.15, 0.2) is 5.16 Å². The van der Waals surface area contributed by atoms with Crippen molar-refractivity contribution in [1.29, 1.82) is 0 Å². The van der Waals surface area contributed by atoms with E-state index in [1.807, 2.05) is 12.3 Å². The Hall–Kier alpha value is -1.05. The van der Waals surface area contributed by atoms with E-state index in [0.717, 1.165) is 38.4 Å². The van der Waals surface area contributed by atoms with Crippen molar-refractivity contribution in [2.75, 3.05) is 36.8 Å². The van der Waals surface area contributed by atoms with Crippen LogP contribution < -0.4 is 16.6 Å². The number of nitrogens with two attached hydrogens (primary N) is 1. The summed E-state index contributed by atoms with van der Waals surface area (Å²) in [5, 5.41) is 4.09. The molecule has 1 aliphatic heterocycles. The van der Waals surface area contributed by atoms with Crippen LogP contribution in [0, 0.1) is 5.41 Å². The second kappa shape index (κ2) is 6.40. The lowest BCUT2D eigenvalue weighted by Crippen LogP contribution is -2.33. The summed E-state index contributed by atoms with van der Waals surface area (Å²) in [4.78, 5) is 8.67. The zero-order valence-corrected chi connectivity index (χ0v) is 12.2. The van der Waals surface area contributed by atoms with Gasteiger partial charge in [0.05, 0.1) is 0 Å². The number of hydrogen-bond acceptors (Lipinski definition) is 7. The first kappa shape index (κ1) is 14.4. The van der Waals surface area contributed by atoms with Gasteiger partial charge in [-0.25, -0.2) is 15.8 Å². The minimum atomic E-state index is 0.263. The summed E-state index contributed by atoms with van der Waals surface area (Å²) < 4.78 is 5.41. The van der Waals surface area contributed by atoms with E-state index in [4.69, 9.17) is 10.6 Å². The summed E-state index contributed by atoms with van der Waals surface area (Å²) in [7, 11) is 0. The smallest absolute Gasteiger partial charge is 0.191 e. The molecule has 1 saturated heterocycles. The maximum Gasteiger partial charge on any atom is 0.191 e. The van der Waals surface area contributed by atoms with Gasteiger partial charge in [-0.3, -0.25) is 0 Å². The van der Waals surface area contributed by atoms with E-state index in [0.29, 0.717) is 11.0 Å². The molecule has 7 heteroatoms. The molecule has 4 N–H and O–H groups in total. The molecule has 19 heavy (non-hydrogen) atoms. The fourth-order valence-electron chi connectivity index (χ4n) is 2.03. The first-order chi connectivity index (χ1) is 9.15. The molecule has 0 radical (unpaired) electrons. The Labute approximate surface area is 117 Å². The van der Waals surface area contributed by atoms with Crippen LogP contribution in [-0.4, -0.2) is 36.0 Å². The number of rotatable bonds is 5. The number of aromatic nitrogens is 2. The van der Waals surface area contributed by atoms with Crippen molar-refractivity contribution in [1.82, 2.24) is 9.97 Å². The SMILES string of the molecule is CSc1nc(NN)cc(NCC2(C)CCOCC2)n1. The van der Waals surface area contributed by atoms with Gasteiger partial charge in [0.25, 0.3) is 0 Å². The average Bonchev–Trinajstić information content (AvgIpc) is 2.45. The molecular formula is C12H21N5OS. The van der Waals surface area contributed by atoms with E-state index >= 15 is 0 Å². The third-order valence-electron chi connectivity index (χ3n) is 3.43. The van der Waals surface area contributed by atoms with Crippen molar-refractivity contribution in [3.8, 4) is 0 Å². The first-order valence-corrected chi connectivity index (χ1v) is 7.59. The third kappa shape index (κ3) is 3.95. The van der Waals surface area contributed by atoms with Crippen molar-refractivity contribution < 1.29 is 4.74 Å². The minimum absolute atomic E-state index is 0.263. The van der Waals surface area contributed by atoms with Gasteiger partial charge in [-0.2, -0.15) is 0 Å². The zero-order chi connectivity index (χ0) is 13.7. The second-order valence-corrected chi connectivity index (χ2v) is 5.82. The number of ether oxygens (including phenoxy) is 1. The largest absolute Gasteiger partial charge is 0.381 e. The standard InChI is InChI=1S/C12H21N5OS/c1-12(3-5-18-6-4-12)8-14-9-7-10(17-13)16-11(15-9)19-2/h7H,3-6,8,13H2,1-2H3,(H2,14,15,16,17). The Morgan fingerprint density at radius 2 is 2.05 bits per heavy atom. The van der Waals surface area contributed by atoms with Crippen molar-refractivity contribution in [2.45, 2.75) is 24.9 Å². The molecule has 0 saturated carbocycles. The molecular weight excluding hydrogens is 262 g/mol. The lowest BCUT2D eigenvalue weighted by molar-refractivity contribution is 0.0299. The molecule has 0 spiro atoms.